The Morgan fingerprint density at radius 2 is 1.94 bits per heavy atom. The summed E-state index contributed by atoms with van der Waals surface area (Å²) in [6.07, 6.45) is 8.15. The van der Waals surface area contributed by atoms with Crippen molar-refractivity contribution in [2.24, 2.45) is 0 Å². The first kappa shape index (κ1) is 22.1. The van der Waals surface area contributed by atoms with E-state index in [0.29, 0.717) is 18.1 Å². The number of aromatic nitrogens is 6. The Bertz CT molecular complexity index is 1370. The number of likely N-dealkylation sites (tertiary alicyclic amines) is 1. The molecule has 34 heavy (non-hydrogen) atoms. The van der Waals surface area contributed by atoms with E-state index in [-0.39, 0.29) is 18.0 Å². The third kappa shape index (κ3) is 3.71. The molecule has 0 bridgehead atoms. The van der Waals surface area contributed by atoms with Crippen LogP contribution in [0.3, 0.4) is 0 Å². The number of carbonyl (C=O) groups excluding carboxylic acids is 1. The SMILES string of the molecule is C=CC(=O)N1CCC(n2nc(-c3cnc(OC)nc3)c(-c3c(Cl)ccc4[nH]ncc34)c2C)CC1. The fourth-order valence-corrected chi connectivity index (χ4v) is 4.88. The van der Waals surface area contributed by atoms with Gasteiger partial charge in [0.25, 0.3) is 0 Å². The molecule has 1 aromatic carbocycles. The topological polar surface area (TPSA) is 102 Å². The Kier molecular flexibility index (Phi) is 5.79. The van der Waals surface area contributed by atoms with Crippen molar-refractivity contribution in [1.29, 1.82) is 0 Å². The van der Waals surface area contributed by atoms with Gasteiger partial charge in [-0.1, -0.05) is 18.2 Å². The predicted octanol–water partition coefficient (Wildman–Crippen LogP) is 4.20. The van der Waals surface area contributed by atoms with E-state index >= 15 is 0 Å². The second-order valence-corrected chi connectivity index (χ2v) is 8.63. The zero-order chi connectivity index (χ0) is 23.8. The molecule has 1 aliphatic rings. The van der Waals surface area contributed by atoms with Crippen molar-refractivity contribution >= 4 is 28.4 Å². The summed E-state index contributed by atoms with van der Waals surface area (Å²) in [5, 5.41) is 13.8. The third-order valence-electron chi connectivity index (χ3n) is 6.35. The van der Waals surface area contributed by atoms with Gasteiger partial charge in [0.2, 0.25) is 5.91 Å². The van der Waals surface area contributed by atoms with E-state index in [9.17, 15) is 4.79 Å². The van der Waals surface area contributed by atoms with Gasteiger partial charge in [0.1, 0.15) is 5.69 Å². The van der Waals surface area contributed by atoms with E-state index in [1.807, 2.05) is 24.0 Å². The number of carbonyl (C=O) groups is 1. The van der Waals surface area contributed by atoms with Gasteiger partial charge in [-0.25, -0.2) is 9.97 Å². The van der Waals surface area contributed by atoms with Crippen LogP contribution < -0.4 is 4.74 Å². The van der Waals surface area contributed by atoms with E-state index < -0.39 is 0 Å². The maximum absolute atomic E-state index is 12.0. The number of amides is 1. The van der Waals surface area contributed by atoms with Gasteiger partial charge >= 0.3 is 6.01 Å². The highest BCUT2D eigenvalue weighted by Gasteiger charge is 2.29. The molecule has 9 nitrogen and oxygen atoms in total. The fraction of sp³-hybridized carbons (Fsp3) is 0.292. The average molecular weight is 478 g/mol. The highest BCUT2D eigenvalue weighted by molar-refractivity contribution is 6.35. The molecule has 0 atom stereocenters. The number of nitrogens with one attached hydrogen (secondary N) is 1. The number of hydrogen-bond donors (Lipinski definition) is 1. The fourth-order valence-electron chi connectivity index (χ4n) is 4.62. The minimum absolute atomic E-state index is 0.0363. The standard InChI is InChI=1S/C24H24ClN7O2/c1-4-20(33)31-9-7-16(8-10-31)32-14(2)21(22-17-13-28-29-19(17)6-5-18(22)25)23(30-32)15-11-26-24(34-3)27-12-15/h4-6,11-13,16H,1,7-10H2,2-3H3,(H,28,29). The third-order valence-corrected chi connectivity index (χ3v) is 6.67. The van der Waals surface area contributed by atoms with Gasteiger partial charge in [-0.3, -0.25) is 14.6 Å². The molecule has 4 aromatic rings. The average Bonchev–Trinajstić information content (AvgIpc) is 3.48. The summed E-state index contributed by atoms with van der Waals surface area (Å²) in [6, 6.07) is 4.21. The van der Waals surface area contributed by atoms with Gasteiger partial charge in [0.05, 0.1) is 24.9 Å². The van der Waals surface area contributed by atoms with E-state index in [1.54, 1.807) is 18.6 Å². The molecule has 10 heteroatoms. The van der Waals surface area contributed by atoms with Crippen LogP contribution in [-0.4, -0.2) is 61.0 Å². The molecule has 3 aromatic heterocycles. The van der Waals surface area contributed by atoms with Gasteiger partial charge in [-0.2, -0.15) is 10.2 Å². The number of H-pyrrole nitrogens is 1. The van der Waals surface area contributed by atoms with Crippen molar-refractivity contribution in [2.75, 3.05) is 20.2 Å². The number of hydrogen-bond acceptors (Lipinski definition) is 6. The van der Waals surface area contributed by atoms with Crippen molar-refractivity contribution in [3.63, 3.8) is 0 Å². The molecule has 1 amide bonds. The number of halogens is 1. The molecular weight excluding hydrogens is 454 g/mol. The number of aromatic amines is 1. The minimum Gasteiger partial charge on any atom is -0.467 e. The van der Waals surface area contributed by atoms with Crippen LogP contribution in [0.2, 0.25) is 5.02 Å². The molecule has 0 saturated carbocycles. The number of nitrogens with zero attached hydrogens (tertiary/aromatic N) is 6. The van der Waals surface area contributed by atoms with Crippen LogP contribution in [0, 0.1) is 6.92 Å². The van der Waals surface area contributed by atoms with Gasteiger partial charge in [0.15, 0.2) is 0 Å². The molecule has 0 unspecified atom stereocenters. The van der Waals surface area contributed by atoms with Crippen LogP contribution in [0.15, 0.2) is 43.4 Å². The molecule has 5 rings (SSSR count). The lowest BCUT2D eigenvalue weighted by molar-refractivity contribution is -0.127. The van der Waals surface area contributed by atoms with Crippen LogP contribution in [0.1, 0.15) is 24.6 Å². The summed E-state index contributed by atoms with van der Waals surface area (Å²) in [5.41, 5.74) is 5.14. The summed E-state index contributed by atoms with van der Waals surface area (Å²) < 4.78 is 7.18. The van der Waals surface area contributed by atoms with Crippen LogP contribution in [0.4, 0.5) is 0 Å². The highest BCUT2D eigenvalue weighted by atomic mass is 35.5. The summed E-state index contributed by atoms with van der Waals surface area (Å²) in [6.45, 7) is 6.96. The molecule has 174 valence electrons. The highest BCUT2D eigenvalue weighted by Crippen LogP contribution is 2.43. The van der Waals surface area contributed by atoms with E-state index in [0.717, 1.165) is 51.8 Å². The van der Waals surface area contributed by atoms with Gasteiger partial charge < -0.3 is 9.64 Å². The summed E-state index contributed by atoms with van der Waals surface area (Å²) >= 11 is 6.76. The first-order valence-corrected chi connectivity index (χ1v) is 11.4. The predicted molar refractivity (Wildman–Crippen MR) is 130 cm³/mol. The largest absolute Gasteiger partial charge is 0.467 e. The molecular formula is C24H24ClN7O2. The minimum atomic E-state index is -0.0363. The van der Waals surface area contributed by atoms with Crippen molar-refractivity contribution < 1.29 is 9.53 Å². The first-order valence-electron chi connectivity index (χ1n) is 11.0. The van der Waals surface area contributed by atoms with E-state index in [2.05, 4.69) is 31.4 Å². The van der Waals surface area contributed by atoms with Crippen LogP contribution in [0.25, 0.3) is 33.3 Å². The van der Waals surface area contributed by atoms with Gasteiger partial charge in [-0.05, 0) is 38.0 Å². The molecule has 1 saturated heterocycles. The summed E-state index contributed by atoms with van der Waals surface area (Å²) in [4.78, 5) is 22.4. The van der Waals surface area contributed by atoms with Crippen LogP contribution in [-0.2, 0) is 4.79 Å². The number of piperidine rings is 1. The number of benzene rings is 1. The Hall–Kier alpha value is -3.72. The number of rotatable bonds is 5. The normalized spacial score (nSPS) is 14.5. The van der Waals surface area contributed by atoms with Crippen LogP contribution in [0.5, 0.6) is 6.01 Å². The van der Waals surface area contributed by atoms with E-state index in [1.165, 1.54) is 13.2 Å². The monoisotopic (exact) mass is 477 g/mol. The Morgan fingerprint density at radius 3 is 2.62 bits per heavy atom. The second-order valence-electron chi connectivity index (χ2n) is 8.23. The lowest BCUT2D eigenvalue weighted by Gasteiger charge is -2.32. The first-order chi connectivity index (χ1) is 16.5. The zero-order valence-corrected chi connectivity index (χ0v) is 19.7. The lowest BCUT2D eigenvalue weighted by Crippen LogP contribution is -2.38. The molecule has 0 spiro atoms. The van der Waals surface area contributed by atoms with E-state index in [4.69, 9.17) is 21.4 Å². The molecule has 1 fully saturated rings. The molecule has 0 aliphatic carbocycles. The Morgan fingerprint density at radius 1 is 1.21 bits per heavy atom. The number of methoxy groups -OCH3 is 1. The van der Waals surface area contributed by atoms with Crippen molar-refractivity contribution in [2.45, 2.75) is 25.8 Å². The molecule has 4 heterocycles. The molecule has 0 radical (unpaired) electrons. The van der Waals surface area contributed by atoms with Gasteiger partial charge in [0, 0.05) is 58.3 Å². The number of fused-ring (bicyclic) bond motifs is 1. The Balaban J connectivity index is 1.65. The van der Waals surface area contributed by atoms with Crippen molar-refractivity contribution in [3.8, 4) is 28.4 Å². The molecule has 1 N–H and O–H groups in total. The van der Waals surface area contributed by atoms with Gasteiger partial charge in [-0.15, -0.1) is 0 Å². The maximum Gasteiger partial charge on any atom is 0.316 e. The zero-order valence-electron chi connectivity index (χ0n) is 19.0. The Labute approximate surface area is 201 Å². The lowest BCUT2D eigenvalue weighted by atomic mass is 9.97. The quantitative estimate of drug-likeness (QED) is 0.432. The van der Waals surface area contributed by atoms with Crippen LogP contribution >= 0.6 is 11.6 Å². The van der Waals surface area contributed by atoms with Crippen molar-refractivity contribution in [1.82, 2.24) is 34.8 Å². The summed E-state index contributed by atoms with van der Waals surface area (Å²) in [5.74, 6) is -0.0363. The number of ether oxygens (including phenoxy) is 1. The smallest absolute Gasteiger partial charge is 0.316 e. The summed E-state index contributed by atoms with van der Waals surface area (Å²) in [7, 11) is 1.53. The molecule has 1 aliphatic heterocycles. The van der Waals surface area contributed by atoms with Crippen molar-refractivity contribution in [3.05, 3.63) is 54.1 Å². The second kappa shape index (κ2) is 8.90. The maximum atomic E-state index is 12.0.